The number of unbranched alkanes of at least 4 members (excludes halogenated alkanes) is 2. The predicted octanol–water partition coefficient (Wildman–Crippen LogP) is 3.21. The van der Waals surface area contributed by atoms with Crippen molar-refractivity contribution < 1.29 is 19.1 Å². The Bertz CT molecular complexity index is 570. The first kappa shape index (κ1) is 17.3. The van der Waals surface area contributed by atoms with Crippen LogP contribution in [0.4, 0.5) is 5.69 Å². The van der Waals surface area contributed by atoms with Gasteiger partial charge in [-0.15, -0.1) is 0 Å². The van der Waals surface area contributed by atoms with Crippen molar-refractivity contribution in [1.82, 2.24) is 0 Å². The van der Waals surface area contributed by atoms with Crippen LogP contribution in [-0.4, -0.2) is 37.6 Å². The Morgan fingerprint density at radius 1 is 1.35 bits per heavy atom. The van der Waals surface area contributed by atoms with Gasteiger partial charge in [-0.3, -0.25) is 9.59 Å². The highest BCUT2D eigenvalue weighted by Crippen LogP contribution is 2.34. The number of hydrogen-bond acceptors (Lipinski definition) is 5. The zero-order chi connectivity index (χ0) is 16.8. The molecule has 0 spiro atoms. The van der Waals surface area contributed by atoms with Gasteiger partial charge in [-0.1, -0.05) is 19.8 Å². The van der Waals surface area contributed by atoms with E-state index in [9.17, 15) is 9.59 Å². The van der Waals surface area contributed by atoms with Gasteiger partial charge >= 0.3 is 5.97 Å². The summed E-state index contributed by atoms with van der Waals surface area (Å²) in [6.45, 7) is 6.84. The molecular weight excluding hydrogens is 294 g/mol. The molecule has 0 saturated carbocycles. The molecule has 0 aromatic heterocycles. The molecule has 2 rings (SSSR count). The lowest BCUT2D eigenvalue weighted by atomic mass is 10.1. The van der Waals surface area contributed by atoms with E-state index in [0.717, 1.165) is 24.9 Å². The number of ether oxygens (including phenoxy) is 2. The molecule has 5 nitrogen and oxygen atoms in total. The molecule has 0 aliphatic carbocycles. The molecule has 0 fully saturated rings. The van der Waals surface area contributed by atoms with E-state index in [1.165, 1.54) is 6.92 Å². The molecule has 1 aliphatic heterocycles. The largest absolute Gasteiger partial charge is 0.487 e. The molecule has 1 aromatic rings. The molecule has 0 radical (unpaired) electrons. The van der Waals surface area contributed by atoms with Crippen molar-refractivity contribution in [1.29, 1.82) is 0 Å². The molecule has 0 bridgehead atoms. The molecule has 0 saturated heterocycles. The van der Waals surface area contributed by atoms with Gasteiger partial charge in [-0.2, -0.15) is 0 Å². The second kappa shape index (κ2) is 7.99. The Labute approximate surface area is 137 Å². The van der Waals surface area contributed by atoms with Gasteiger partial charge in [0, 0.05) is 5.56 Å². The minimum absolute atomic E-state index is 0.00601. The molecule has 1 atom stereocenters. The number of Topliss-reactive ketones (excluding diaryl/α,β-unsaturated/α-hetero) is 1. The van der Waals surface area contributed by atoms with Gasteiger partial charge in [0.2, 0.25) is 0 Å². The number of rotatable bonds is 7. The molecule has 1 aliphatic rings. The third kappa shape index (κ3) is 4.71. The maximum Gasteiger partial charge on any atom is 0.325 e. The first-order chi connectivity index (χ1) is 11.0. The quantitative estimate of drug-likeness (QED) is 0.439. The fourth-order valence-electron chi connectivity index (χ4n) is 2.64. The fourth-order valence-corrected chi connectivity index (χ4v) is 2.64. The summed E-state index contributed by atoms with van der Waals surface area (Å²) < 4.78 is 11.1. The summed E-state index contributed by atoms with van der Waals surface area (Å²) in [6, 6.07) is 5.33. The molecule has 1 unspecified atom stereocenters. The molecule has 5 heteroatoms. The number of esters is 1. The SMILES string of the molecule is CCCCCOC(=O)CN1CC(C)Oc2ccc(C(C)=O)cc21. The smallest absolute Gasteiger partial charge is 0.325 e. The Balaban J connectivity index is 2.06. The molecule has 0 N–H and O–H groups in total. The van der Waals surface area contributed by atoms with Crippen molar-refractivity contribution >= 4 is 17.4 Å². The van der Waals surface area contributed by atoms with Crippen LogP contribution in [-0.2, 0) is 9.53 Å². The molecule has 1 aromatic carbocycles. The van der Waals surface area contributed by atoms with Crippen molar-refractivity contribution in [3.05, 3.63) is 23.8 Å². The van der Waals surface area contributed by atoms with E-state index in [0.29, 0.717) is 24.5 Å². The molecule has 0 amide bonds. The lowest BCUT2D eigenvalue weighted by molar-refractivity contribution is -0.142. The summed E-state index contributed by atoms with van der Waals surface area (Å²) in [5, 5.41) is 0. The lowest BCUT2D eigenvalue weighted by Gasteiger charge is -2.34. The highest BCUT2D eigenvalue weighted by atomic mass is 16.5. The number of carbonyl (C=O) groups excluding carboxylic acids is 2. The molecule has 23 heavy (non-hydrogen) atoms. The van der Waals surface area contributed by atoms with Crippen molar-refractivity contribution in [3.63, 3.8) is 0 Å². The van der Waals surface area contributed by atoms with Gasteiger partial charge in [0.1, 0.15) is 18.4 Å². The van der Waals surface area contributed by atoms with Gasteiger partial charge < -0.3 is 14.4 Å². The van der Waals surface area contributed by atoms with Crippen molar-refractivity contribution in [2.75, 3.05) is 24.6 Å². The Hall–Kier alpha value is -2.04. The topological polar surface area (TPSA) is 55.8 Å². The maximum atomic E-state index is 12.0. The van der Waals surface area contributed by atoms with Crippen LogP contribution in [0.3, 0.4) is 0 Å². The Kier molecular flexibility index (Phi) is 6.02. The summed E-state index contributed by atoms with van der Waals surface area (Å²) in [6.07, 6.45) is 3.04. The fraction of sp³-hybridized carbons (Fsp3) is 0.556. The summed E-state index contributed by atoms with van der Waals surface area (Å²) in [5.74, 6) is 0.454. The van der Waals surface area contributed by atoms with Crippen LogP contribution in [0.15, 0.2) is 18.2 Å². The van der Waals surface area contributed by atoms with Crippen molar-refractivity contribution in [3.8, 4) is 5.75 Å². The average molecular weight is 319 g/mol. The second-order valence-electron chi connectivity index (χ2n) is 5.98. The summed E-state index contributed by atoms with van der Waals surface area (Å²) in [5.41, 5.74) is 1.39. The van der Waals surface area contributed by atoms with Gasteiger partial charge in [0.15, 0.2) is 5.78 Å². The van der Waals surface area contributed by atoms with Crippen LogP contribution in [0, 0.1) is 0 Å². The van der Waals surface area contributed by atoms with Crippen LogP contribution < -0.4 is 9.64 Å². The van der Waals surface area contributed by atoms with Crippen molar-refractivity contribution in [2.24, 2.45) is 0 Å². The van der Waals surface area contributed by atoms with Crippen LogP contribution in [0.5, 0.6) is 5.75 Å². The third-order valence-electron chi connectivity index (χ3n) is 3.84. The lowest BCUT2D eigenvalue weighted by Crippen LogP contribution is -2.41. The van der Waals surface area contributed by atoms with E-state index in [1.54, 1.807) is 18.2 Å². The Morgan fingerprint density at radius 3 is 2.83 bits per heavy atom. The minimum Gasteiger partial charge on any atom is -0.487 e. The molecule has 1 heterocycles. The number of fused-ring (bicyclic) bond motifs is 1. The van der Waals surface area contributed by atoms with Gasteiger partial charge in [0.25, 0.3) is 0 Å². The number of ketones is 1. The van der Waals surface area contributed by atoms with Gasteiger partial charge in [-0.25, -0.2) is 0 Å². The zero-order valence-corrected chi connectivity index (χ0v) is 14.1. The van der Waals surface area contributed by atoms with E-state index >= 15 is 0 Å². The first-order valence-electron chi connectivity index (χ1n) is 8.23. The van der Waals surface area contributed by atoms with Crippen LogP contribution >= 0.6 is 0 Å². The first-order valence-corrected chi connectivity index (χ1v) is 8.23. The molecule has 126 valence electrons. The monoisotopic (exact) mass is 319 g/mol. The number of anilines is 1. The average Bonchev–Trinajstić information content (AvgIpc) is 2.51. The highest BCUT2D eigenvalue weighted by Gasteiger charge is 2.25. The van der Waals surface area contributed by atoms with E-state index < -0.39 is 0 Å². The van der Waals surface area contributed by atoms with Crippen LogP contribution in [0.2, 0.25) is 0 Å². The maximum absolute atomic E-state index is 12.0. The minimum atomic E-state index is -0.241. The van der Waals surface area contributed by atoms with Crippen LogP contribution in [0.25, 0.3) is 0 Å². The normalized spacial score (nSPS) is 16.5. The van der Waals surface area contributed by atoms with Gasteiger partial charge in [0.05, 0.1) is 18.8 Å². The number of carbonyl (C=O) groups is 2. The summed E-state index contributed by atoms with van der Waals surface area (Å²) in [7, 11) is 0. The van der Waals surface area contributed by atoms with Crippen molar-refractivity contribution in [2.45, 2.75) is 46.1 Å². The van der Waals surface area contributed by atoms with E-state index in [4.69, 9.17) is 9.47 Å². The van der Waals surface area contributed by atoms with E-state index in [1.807, 2.05) is 11.8 Å². The van der Waals surface area contributed by atoms with Crippen LogP contribution in [0.1, 0.15) is 50.4 Å². The predicted molar refractivity (Wildman–Crippen MR) is 89.2 cm³/mol. The third-order valence-corrected chi connectivity index (χ3v) is 3.84. The highest BCUT2D eigenvalue weighted by molar-refractivity contribution is 5.95. The summed E-state index contributed by atoms with van der Waals surface area (Å²) >= 11 is 0. The number of hydrogen-bond donors (Lipinski definition) is 0. The standard InChI is InChI=1S/C18H25NO4/c1-4-5-6-9-22-18(21)12-19-11-13(2)23-17-8-7-15(14(3)20)10-16(17)19/h7-8,10,13H,4-6,9,11-12H2,1-3H3. The number of benzene rings is 1. The van der Waals surface area contributed by atoms with Gasteiger partial charge in [-0.05, 0) is 38.5 Å². The van der Waals surface area contributed by atoms with E-state index in [2.05, 4.69) is 6.92 Å². The number of nitrogens with zero attached hydrogens (tertiary/aromatic N) is 1. The second-order valence-corrected chi connectivity index (χ2v) is 5.98. The molecular formula is C18H25NO4. The van der Waals surface area contributed by atoms with E-state index in [-0.39, 0.29) is 24.4 Å². The Morgan fingerprint density at radius 2 is 2.13 bits per heavy atom. The summed E-state index contributed by atoms with van der Waals surface area (Å²) in [4.78, 5) is 25.5. The zero-order valence-electron chi connectivity index (χ0n) is 14.1.